The molecule has 6 rings (SSSR count). The van der Waals surface area contributed by atoms with Gasteiger partial charge in [0, 0.05) is 0 Å². The molecular formula is C27H21P. The molecule has 3 aromatic carbocycles. The smallest absolute Gasteiger partial charge is 0.00814 e. The fraction of sp³-hybridized carbons (Fsp3) is 0.111. The van der Waals surface area contributed by atoms with Crippen LogP contribution in [0.25, 0.3) is 15.9 Å². The van der Waals surface area contributed by atoms with E-state index in [0.717, 1.165) is 19.3 Å². The lowest BCUT2D eigenvalue weighted by atomic mass is 10.1. The van der Waals surface area contributed by atoms with Crippen LogP contribution < -0.4 is 0 Å². The van der Waals surface area contributed by atoms with E-state index < -0.39 is 7.92 Å². The topological polar surface area (TPSA) is 0 Å². The van der Waals surface area contributed by atoms with Gasteiger partial charge in [0.25, 0.3) is 0 Å². The Balaban J connectivity index is 1.54. The molecule has 0 spiro atoms. The van der Waals surface area contributed by atoms with E-state index in [1.165, 1.54) is 33.4 Å². The summed E-state index contributed by atoms with van der Waals surface area (Å²) in [5.74, 6) is 0. The summed E-state index contributed by atoms with van der Waals surface area (Å²) in [4.78, 5) is 0. The molecule has 3 aliphatic carbocycles. The molecule has 134 valence electrons. The SMILES string of the molecule is C1=C(P(C2=CCc3ccccc32)C2=CCc3ccccc32)c2ccccc2C1. The molecule has 0 aromatic heterocycles. The highest BCUT2D eigenvalue weighted by Gasteiger charge is 2.33. The van der Waals surface area contributed by atoms with E-state index in [1.807, 2.05) is 0 Å². The third kappa shape index (κ3) is 2.42. The molecule has 0 saturated heterocycles. The lowest BCUT2D eigenvalue weighted by molar-refractivity contribution is 1.31. The maximum Gasteiger partial charge on any atom is -0.00814 e. The normalized spacial score (nSPS) is 16.4. The van der Waals surface area contributed by atoms with Crippen LogP contribution in [0, 0.1) is 0 Å². The van der Waals surface area contributed by atoms with Gasteiger partial charge in [-0.05, 0) is 76.5 Å². The Morgan fingerprint density at radius 1 is 0.429 bits per heavy atom. The lowest BCUT2D eigenvalue weighted by Crippen LogP contribution is -1.91. The highest BCUT2D eigenvalue weighted by molar-refractivity contribution is 7.86. The number of benzene rings is 3. The van der Waals surface area contributed by atoms with Gasteiger partial charge in [-0.3, -0.25) is 0 Å². The Hall–Kier alpha value is -2.69. The molecule has 0 atom stereocenters. The largest absolute Gasteiger partial charge is 0.0711 e. The van der Waals surface area contributed by atoms with Gasteiger partial charge in [-0.15, -0.1) is 0 Å². The number of allylic oxidation sites excluding steroid dienone is 3. The average molecular weight is 376 g/mol. The highest BCUT2D eigenvalue weighted by Crippen LogP contribution is 2.72. The van der Waals surface area contributed by atoms with E-state index in [9.17, 15) is 0 Å². The van der Waals surface area contributed by atoms with Crippen LogP contribution in [-0.2, 0) is 19.3 Å². The van der Waals surface area contributed by atoms with Crippen LogP contribution in [0.3, 0.4) is 0 Å². The van der Waals surface area contributed by atoms with Crippen LogP contribution in [0.4, 0.5) is 0 Å². The Bertz CT molecular complexity index is 1040. The van der Waals surface area contributed by atoms with Gasteiger partial charge in [0.15, 0.2) is 0 Å². The molecule has 1 heteroatoms. The monoisotopic (exact) mass is 376 g/mol. The molecule has 0 fully saturated rings. The summed E-state index contributed by atoms with van der Waals surface area (Å²) in [6.07, 6.45) is 10.7. The number of fused-ring (bicyclic) bond motifs is 3. The molecule has 0 heterocycles. The van der Waals surface area contributed by atoms with Gasteiger partial charge in [-0.2, -0.15) is 0 Å². The summed E-state index contributed by atoms with van der Waals surface area (Å²) in [7, 11) is -0.541. The van der Waals surface area contributed by atoms with Crippen LogP contribution in [0.15, 0.2) is 91.0 Å². The van der Waals surface area contributed by atoms with E-state index in [4.69, 9.17) is 0 Å². The predicted molar refractivity (Wildman–Crippen MR) is 121 cm³/mol. The summed E-state index contributed by atoms with van der Waals surface area (Å²) in [6, 6.07) is 27.0. The zero-order valence-electron chi connectivity index (χ0n) is 15.7. The second-order valence-electron chi connectivity index (χ2n) is 7.69. The van der Waals surface area contributed by atoms with Crippen molar-refractivity contribution in [1.29, 1.82) is 0 Å². The average Bonchev–Trinajstić information content (AvgIpc) is 3.47. The Morgan fingerprint density at radius 3 is 1.11 bits per heavy atom. The van der Waals surface area contributed by atoms with Crippen LogP contribution in [-0.4, -0.2) is 0 Å². The second-order valence-corrected chi connectivity index (χ2v) is 9.80. The highest BCUT2D eigenvalue weighted by atomic mass is 31.1. The van der Waals surface area contributed by atoms with Crippen molar-refractivity contribution in [3.8, 4) is 0 Å². The number of hydrogen-bond acceptors (Lipinski definition) is 0. The number of hydrogen-bond donors (Lipinski definition) is 0. The first kappa shape index (κ1) is 16.3. The standard InChI is InChI=1S/C27H21P/c1-4-10-22-19(7-1)13-16-25(22)28(26-17-14-20-8-2-5-11-23(20)26)27-18-15-21-9-3-6-12-24(21)27/h1-12,16-18H,13-15H2. The van der Waals surface area contributed by atoms with Crippen molar-refractivity contribution in [3.63, 3.8) is 0 Å². The first-order valence-corrected chi connectivity index (χ1v) is 11.4. The summed E-state index contributed by atoms with van der Waals surface area (Å²) < 4.78 is 0. The zero-order valence-corrected chi connectivity index (χ0v) is 16.6. The summed E-state index contributed by atoms with van der Waals surface area (Å²) in [5, 5.41) is 4.66. The van der Waals surface area contributed by atoms with Gasteiger partial charge >= 0.3 is 0 Å². The van der Waals surface area contributed by atoms with Crippen molar-refractivity contribution < 1.29 is 0 Å². The Labute approximate surface area is 167 Å². The molecule has 0 N–H and O–H groups in total. The van der Waals surface area contributed by atoms with Crippen molar-refractivity contribution in [2.24, 2.45) is 0 Å². The fourth-order valence-electron chi connectivity index (χ4n) is 4.82. The minimum Gasteiger partial charge on any atom is -0.0711 e. The summed E-state index contributed by atoms with van der Waals surface area (Å²) in [6.45, 7) is 0. The Morgan fingerprint density at radius 2 is 0.750 bits per heavy atom. The van der Waals surface area contributed by atoms with Gasteiger partial charge < -0.3 is 0 Å². The predicted octanol–water partition coefficient (Wildman–Crippen LogP) is 7.26. The van der Waals surface area contributed by atoms with Crippen molar-refractivity contribution in [2.75, 3.05) is 0 Å². The summed E-state index contributed by atoms with van der Waals surface area (Å²) >= 11 is 0. The van der Waals surface area contributed by atoms with Crippen molar-refractivity contribution in [2.45, 2.75) is 19.3 Å². The van der Waals surface area contributed by atoms with Gasteiger partial charge in [-0.25, -0.2) is 0 Å². The van der Waals surface area contributed by atoms with Gasteiger partial charge in [-0.1, -0.05) is 91.0 Å². The molecule has 0 amide bonds. The Kier molecular flexibility index (Phi) is 3.74. The maximum atomic E-state index is 2.50. The molecule has 3 aliphatic rings. The minimum atomic E-state index is -0.541. The van der Waals surface area contributed by atoms with E-state index in [-0.39, 0.29) is 0 Å². The van der Waals surface area contributed by atoms with Crippen molar-refractivity contribution >= 4 is 23.9 Å². The van der Waals surface area contributed by atoms with Gasteiger partial charge in [0.2, 0.25) is 0 Å². The number of rotatable bonds is 3. The van der Waals surface area contributed by atoms with E-state index >= 15 is 0 Å². The van der Waals surface area contributed by atoms with Crippen LogP contribution in [0.2, 0.25) is 0 Å². The van der Waals surface area contributed by atoms with E-state index in [0.29, 0.717) is 0 Å². The minimum absolute atomic E-state index is 0.541. The zero-order chi connectivity index (χ0) is 18.5. The molecular weight excluding hydrogens is 355 g/mol. The third-order valence-electron chi connectivity index (χ3n) is 6.15. The molecule has 0 radical (unpaired) electrons. The van der Waals surface area contributed by atoms with Crippen LogP contribution in [0.5, 0.6) is 0 Å². The van der Waals surface area contributed by atoms with Crippen LogP contribution in [0.1, 0.15) is 33.4 Å². The van der Waals surface area contributed by atoms with Crippen molar-refractivity contribution in [3.05, 3.63) is 124 Å². The molecule has 0 unspecified atom stereocenters. The van der Waals surface area contributed by atoms with Crippen molar-refractivity contribution in [1.82, 2.24) is 0 Å². The maximum absolute atomic E-state index is 2.50. The third-order valence-corrected chi connectivity index (χ3v) is 8.86. The van der Waals surface area contributed by atoms with Crippen LogP contribution >= 0.6 is 7.92 Å². The molecule has 3 aromatic rings. The molecule has 0 saturated carbocycles. The van der Waals surface area contributed by atoms with Gasteiger partial charge in [0.05, 0.1) is 0 Å². The lowest BCUT2D eigenvalue weighted by Gasteiger charge is -2.25. The first-order valence-electron chi connectivity index (χ1n) is 10.1. The second kappa shape index (κ2) is 6.43. The first-order chi connectivity index (χ1) is 13.9. The summed E-state index contributed by atoms with van der Waals surface area (Å²) in [5.41, 5.74) is 8.81. The van der Waals surface area contributed by atoms with E-state index in [2.05, 4.69) is 91.0 Å². The molecule has 28 heavy (non-hydrogen) atoms. The molecule has 0 aliphatic heterocycles. The van der Waals surface area contributed by atoms with E-state index in [1.54, 1.807) is 15.9 Å². The quantitative estimate of drug-likeness (QED) is 0.422. The fourth-order valence-corrected chi connectivity index (χ4v) is 7.80. The molecule has 0 nitrogen and oxygen atoms in total. The van der Waals surface area contributed by atoms with Gasteiger partial charge in [0.1, 0.15) is 0 Å². The molecule has 0 bridgehead atoms.